The molecule has 0 aromatic heterocycles. The Kier molecular flexibility index (Phi) is 4.74. The van der Waals surface area contributed by atoms with E-state index in [1.807, 2.05) is 0 Å². The summed E-state index contributed by atoms with van der Waals surface area (Å²) in [6, 6.07) is 15.6. The summed E-state index contributed by atoms with van der Waals surface area (Å²) in [5.74, 6) is 0.178. The van der Waals surface area contributed by atoms with Crippen LogP contribution in [0.1, 0.15) is 16.7 Å². The largest absolute Gasteiger partial charge is 0.508 e. The number of hydrogen-bond acceptors (Lipinski definition) is 3. The number of phenolic OH excluding ortho intramolecular Hbond substituents is 2. The fourth-order valence-electron chi connectivity index (χ4n) is 3.25. The standard InChI is InChI=1S/C21H17F3O3/c1-27-19-12-6-16(7-13-19)20(21(22,23)24,14-2-8-17(25)9-3-14)15-4-10-18(26)11-5-15/h2-13,25-26H,1H3. The molecule has 0 amide bonds. The highest BCUT2D eigenvalue weighted by molar-refractivity contribution is 5.54. The van der Waals surface area contributed by atoms with Crippen molar-refractivity contribution >= 4 is 0 Å². The molecule has 0 fully saturated rings. The van der Waals surface area contributed by atoms with Gasteiger partial charge in [-0.2, -0.15) is 13.2 Å². The van der Waals surface area contributed by atoms with Crippen molar-refractivity contribution < 1.29 is 28.1 Å². The van der Waals surface area contributed by atoms with E-state index in [-0.39, 0.29) is 28.2 Å². The highest BCUT2D eigenvalue weighted by Gasteiger charge is 2.58. The van der Waals surface area contributed by atoms with Gasteiger partial charge in [0, 0.05) is 0 Å². The van der Waals surface area contributed by atoms with Crippen LogP contribution < -0.4 is 4.74 Å². The fraction of sp³-hybridized carbons (Fsp3) is 0.143. The van der Waals surface area contributed by atoms with Gasteiger partial charge in [0.2, 0.25) is 0 Å². The lowest BCUT2D eigenvalue weighted by Crippen LogP contribution is -2.44. The molecule has 0 aliphatic rings. The molecule has 0 heterocycles. The minimum absolute atomic E-state index is 0.00724. The number of benzene rings is 3. The number of methoxy groups -OCH3 is 1. The van der Waals surface area contributed by atoms with E-state index >= 15 is 0 Å². The molecular formula is C21H17F3O3. The van der Waals surface area contributed by atoms with E-state index in [9.17, 15) is 23.4 Å². The predicted octanol–water partition coefficient (Wildman–Crippen LogP) is 5.00. The first-order valence-electron chi connectivity index (χ1n) is 8.09. The van der Waals surface area contributed by atoms with Crippen molar-refractivity contribution in [2.24, 2.45) is 0 Å². The van der Waals surface area contributed by atoms with Crippen LogP contribution in [-0.4, -0.2) is 23.5 Å². The van der Waals surface area contributed by atoms with Crippen molar-refractivity contribution in [3.05, 3.63) is 89.5 Å². The molecule has 0 spiro atoms. The van der Waals surface area contributed by atoms with Crippen molar-refractivity contribution in [2.75, 3.05) is 7.11 Å². The number of halogens is 3. The monoisotopic (exact) mass is 374 g/mol. The summed E-state index contributed by atoms with van der Waals surface area (Å²) in [5.41, 5.74) is -2.60. The zero-order valence-electron chi connectivity index (χ0n) is 14.4. The zero-order valence-corrected chi connectivity index (χ0v) is 14.4. The van der Waals surface area contributed by atoms with Gasteiger partial charge >= 0.3 is 6.18 Å². The topological polar surface area (TPSA) is 49.7 Å². The second-order valence-electron chi connectivity index (χ2n) is 6.07. The van der Waals surface area contributed by atoms with E-state index in [1.54, 1.807) is 0 Å². The van der Waals surface area contributed by atoms with Crippen molar-refractivity contribution in [1.29, 1.82) is 0 Å². The van der Waals surface area contributed by atoms with Gasteiger partial charge in [0.05, 0.1) is 7.11 Å². The molecule has 3 nitrogen and oxygen atoms in total. The highest BCUT2D eigenvalue weighted by atomic mass is 19.4. The number of ether oxygens (including phenoxy) is 1. The van der Waals surface area contributed by atoms with E-state index in [0.717, 1.165) is 0 Å². The fourth-order valence-corrected chi connectivity index (χ4v) is 3.25. The van der Waals surface area contributed by atoms with Crippen LogP contribution in [-0.2, 0) is 5.41 Å². The molecule has 0 unspecified atom stereocenters. The number of alkyl halides is 3. The second-order valence-corrected chi connectivity index (χ2v) is 6.07. The average Bonchev–Trinajstić information content (AvgIpc) is 2.64. The van der Waals surface area contributed by atoms with Crippen LogP contribution >= 0.6 is 0 Å². The van der Waals surface area contributed by atoms with Crippen molar-refractivity contribution in [2.45, 2.75) is 11.6 Å². The number of aromatic hydroxyl groups is 2. The first kappa shape index (κ1) is 18.6. The summed E-state index contributed by atoms with van der Waals surface area (Å²) in [6.07, 6.45) is -4.70. The first-order valence-corrected chi connectivity index (χ1v) is 8.09. The average molecular weight is 374 g/mol. The van der Waals surface area contributed by atoms with Gasteiger partial charge < -0.3 is 14.9 Å². The molecule has 0 bridgehead atoms. The second kappa shape index (κ2) is 6.87. The van der Waals surface area contributed by atoms with Crippen LogP contribution in [0.15, 0.2) is 72.8 Å². The lowest BCUT2D eigenvalue weighted by molar-refractivity contribution is -0.166. The van der Waals surface area contributed by atoms with Gasteiger partial charge in [-0.25, -0.2) is 0 Å². The van der Waals surface area contributed by atoms with Gasteiger partial charge in [0.25, 0.3) is 0 Å². The third kappa shape index (κ3) is 3.18. The molecule has 0 aliphatic carbocycles. The maximum atomic E-state index is 14.7. The third-order valence-corrected chi connectivity index (χ3v) is 4.55. The SMILES string of the molecule is COc1ccc(C(c2ccc(O)cc2)(c2ccc(O)cc2)C(F)(F)F)cc1. The number of phenols is 2. The van der Waals surface area contributed by atoms with Crippen LogP contribution in [0.4, 0.5) is 13.2 Å². The van der Waals surface area contributed by atoms with Crippen molar-refractivity contribution in [1.82, 2.24) is 0 Å². The van der Waals surface area contributed by atoms with Crippen LogP contribution in [0.2, 0.25) is 0 Å². The molecule has 6 heteroatoms. The molecule has 0 saturated heterocycles. The first-order chi connectivity index (χ1) is 12.8. The highest BCUT2D eigenvalue weighted by Crippen LogP contribution is 2.51. The summed E-state index contributed by atoms with van der Waals surface area (Å²) in [7, 11) is 1.44. The lowest BCUT2D eigenvalue weighted by Gasteiger charge is -2.37. The molecule has 3 aromatic rings. The maximum Gasteiger partial charge on any atom is 0.406 e. The molecule has 0 radical (unpaired) electrons. The lowest BCUT2D eigenvalue weighted by atomic mass is 9.68. The molecule has 140 valence electrons. The van der Waals surface area contributed by atoms with Crippen LogP contribution in [0.25, 0.3) is 0 Å². The Hall–Kier alpha value is -3.15. The quantitative estimate of drug-likeness (QED) is 0.632. The minimum Gasteiger partial charge on any atom is -0.508 e. The summed E-state index contributed by atoms with van der Waals surface area (Å²) < 4.78 is 49.0. The van der Waals surface area contributed by atoms with Crippen LogP contribution in [0.3, 0.4) is 0 Å². The number of rotatable bonds is 4. The molecule has 0 saturated carbocycles. The molecule has 0 atom stereocenters. The van der Waals surface area contributed by atoms with E-state index in [0.29, 0.717) is 5.75 Å². The molecule has 2 N–H and O–H groups in total. The summed E-state index contributed by atoms with van der Waals surface area (Å²) in [5, 5.41) is 19.1. The Morgan fingerprint density at radius 3 is 1.26 bits per heavy atom. The van der Waals surface area contributed by atoms with E-state index in [1.165, 1.54) is 79.9 Å². The van der Waals surface area contributed by atoms with Gasteiger partial charge in [-0.15, -0.1) is 0 Å². The Morgan fingerprint density at radius 2 is 0.963 bits per heavy atom. The van der Waals surface area contributed by atoms with Gasteiger partial charge in [-0.05, 0) is 53.1 Å². The Labute approximate surface area is 154 Å². The van der Waals surface area contributed by atoms with Gasteiger partial charge in [0.15, 0.2) is 0 Å². The molecule has 3 aromatic carbocycles. The molecular weight excluding hydrogens is 357 g/mol. The molecule has 3 rings (SSSR count). The van der Waals surface area contributed by atoms with E-state index < -0.39 is 11.6 Å². The van der Waals surface area contributed by atoms with Crippen molar-refractivity contribution in [3.63, 3.8) is 0 Å². The summed E-state index contributed by atoms with van der Waals surface area (Å²) >= 11 is 0. The Balaban J connectivity index is 2.37. The predicted molar refractivity (Wildman–Crippen MR) is 95.1 cm³/mol. The van der Waals surface area contributed by atoms with Crippen molar-refractivity contribution in [3.8, 4) is 17.2 Å². The summed E-state index contributed by atoms with van der Waals surface area (Å²) in [4.78, 5) is 0. The van der Waals surface area contributed by atoms with E-state index in [2.05, 4.69) is 0 Å². The van der Waals surface area contributed by atoms with Crippen LogP contribution in [0.5, 0.6) is 17.2 Å². The van der Waals surface area contributed by atoms with Crippen LogP contribution in [0, 0.1) is 0 Å². The summed E-state index contributed by atoms with van der Waals surface area (Å²) in [6.45, 7) is 0. The van der Waals surface area contributed by atoms with Gasteiger partial charge in [0.1, 0.15) is 22.7 Å². The smallest absolute Gasteiger partial charge is 0.406 e. The Morgan fingerprint density at radius 1 is 0.630 bits per heavy atom. The third-order valence-electron chi connectivity index (χ3n) is 4.55. The molecule has 27 heavy (non-hydrogen) atoms. The maximum absolute atomic E-state index is 14.7. The normalized spacial score (nSPS) is 12.0. The number of hydrogen-bond donors (Lipinski definition) is 2. The molecule has 0 aliphatic heterocycles. The van der Waals surface area contributed by atoms with Gasteiger partial charge in [-0.1, -0.05) is 36.4 Å². The minimum atomic E-state index is -4.70. The van der Waals surface area contributed by atoms with E-state index in [4.69, 9.17) is 4.74 Å². The van der Waals surface area contributed by atoms with Gasteiger partial charge in [-0.3, -0.25) is 0 Å². The Bertz CT molecular complexity index is 854. The zero-order chi connectivity index (χ0) is 19.7.